The third-order valence-corrected chi connectivity index (χ3v) is 1.81. The maximum Gasteiger partial charge on any atom is 0.348 e. The number of esters is 1. The van der Waals surface area contributed by atoms with Crippen LogP contribution in [0.3, 0.4) is 0 Å². The highest BCUT2D eigenvalue weighted by Crippen LogP contribution is 2.12. The first-order valence-electron chi connectivity index (χ1n) is 4.82. The molecule has 0 atom stereocenters. The summed E-state index contributed by atoms with van der Waals surface area (Å²) < 4.78 is 30.3. The number of nitriles is 1. The van der Waals surface area contributed by atoms with Gasteiger partial charge in [-0.25, -0.2) is 13.6 Å². The van der Waals surface area contributed by atoms with E-state index < -0.39 is 17.6 Å². The molecule has 0 heterocycles. The van der Waals surface area contributed by atoms with Crippen LogP contribution < -0.4 is 0 Å². The molecule has 0 aliphatic rings. The van der Waals surface area contributed by atoms with Crippen molar-refractivity contribution >= 4 is 12.0 Å². The van der Waals surface area contributed by atoms with Crippen LogP contribution in [0.15, 0.2) is 23.8 Å². The number of rotatable bonds is 3. The van der Waals surface area contributed by atoms with Crippen molar-refractivity contribution in [1.82, 2.24) is 0 Å². The fraction of sp³-hybridized carbons (Fsp3) is 0.167. The van der Waals surface area contributed by atoms with Gasteiger partial charge in [-0.15, -0.1) is 0 Å². The molecule has 0 saturated heterocycles. The average molecular weight is 237 g/mol. The summed E-state index contributed by atoms with van der Waals surface area (Å²) in [5.74, 6) is -2.38. The van der Waals surface area contributed by atoms with Crippen LogP contribution in [0.2, 0.25) is 0 Å². The Labute approximate surface area is 96.9 Å². The number of nitrogens with zero attached hydrogens (tertiary/aromatic N) is 1. The SMILES string of the molecule is CCOC(=O)C(C#N)=Cc1cc(F)cc(F)c1. The highest BCUT2D eigenvalue weighted by molar-refractivity contribution is 5.97. The van der Waals surface area contributed by atoms with Gasteiger partial charge in [-0.2, -0.15) is 5.26 Å². The fourth-order valence-corrected chi connectivity index (χ4v) is 1.17. The van der Waals surface area contributed by atoms with E-state index in [-0.39, 0.29) is 17.7 Å². The largest absolute Gasteiger partial charge is 0.462 e. The molecule has 0 bridgehead atoms. The summed E-state index contributed by atoms with van der Waals surface area (Å²) in [6.45, 7) is 1.71. The highest BCUT2D eigenvalue weighted by atomic mass is 19.1. The third kappa shape index (κ3) is 3.68. The number of hydrogen-bond acceptors (Lipinski definition) is 3. The zero-order chi connectivity index (χ0) is 12.8. The lowest BCUT2D eigenvalue weighted by Gasteiger charge is -2.00. The van der Waals surface area contributed by atoms with Crippen molar-refractivity contribution in [2.75, 3.05) is 6.61 Å². The molecule has 0 amide bonds. The molecule has 0 aliphatic carbocycles. The van der Waals surface area contributed by atoms with E-state index in [1.54, 1.807) is 13.0 Å². The molecular formula is C12H9F2NO2. The highest BCUT2D eigenvalue weighted by Gasteiger charge is 2.10. The van der Waals surface area contributed by atoms with Crippen molar-refractivity contribution < 1.29 is 18.3 Å². The molecular weight excluding hydrogens is 228 g/mol. The van der Waals surface area contributed by atoms with E-state index in [0.29, 0.717) is 6.07 Å². The number of carbonyl (C=O) groups excluding carboxylic acids is 1. The average Bonchev–Trinajstić information content (AvgIpc) is 2.24. The Balaban J connectivity index is 3.07. The lowest BCUT2D eigenvalue weighted by Crippen LogP contribution is -2.06. The second kappa shape index (κ2) is 5.75. The quantitative estimate of drug-likeness (QED) is 0.461. The minimum atomic E-state index is -0.820. The van der Waals surface area contributed by atoms with Crippen molar-refractivity contribution in [3.63, 3.8) is 0 Å². The molecule has 0 unspecified atom stereocenters. The van der Waals surface area contributed by atoms with Gasteiger partial charge in [0.1, 0.15) is 23.3 Å². The number of benzene rings is 1. The molecule has 5 heteroatoms. The van der Waals surface area contributed by atoms with E-state index in [9.17, 15) is 13.6 Å². The van der Waals surface area contributed by atoms with Crippen molar-refractivity contribution in [1.29, 1.82) is 5.26 Å². The first-order chi connectivity index (χ1) is 8.06. The number of hydrogen-bond donors (Lipinski definition) is 0. The van der Waals surface area contributed by atoms with Gasteiger partial charge < -0.3 is 4.74 Å². The first kappa shape index (κ1) is 12.8. The van der Waals surface area contributed by atoms with E-state index in [0.717, 1.165) is 18.2 Å². The Hall–Kier alpha value is -2.22. The van der Waals surface area contributed by atoms with Gasteiger partial charge in [0, 0.05) is 6.07 Å². The third-order valence-electron chi connectivity index (χ3n) is 1.81. The number of halogens is 2. The summed E-state index contributed by atoms with van der Waals surface area (Å²) in [5.41, 5.74) is -0.219. The second-order valence-electron chi connectivity index (χ2n) is 3.09. The maximum atomic E-state index is 12.9. The Kier molecular flexibility index (Phi) is 4.35. The van der Waals surface area contributed by atoms with Crippen molar-refractivity contribution in [2.24, 2.45) is 0 Å². The van der Waals surface area contributed by atoms with Crippen molar-refractivity contribution in [3.05, 3.63) is 41.0 Å². The molecule has 0 radical (unpaired) electrons. The molecule has 1 rings (SSSR count). The minimum Gasteiger partial charge on any atom is -0.462 e. The predicted molar refractivity (Wildman–Crippen MR) is 56.6 cm³/mol. The topological polar surface area (TPSA) is 50.1 Å². The smallest absolute Gasteiger partial charge is 0.348 e. The molecule has 3 nitrogen and oxygen atoms in total. The van der Waals surface area contributed by atoms with E-state index in [2.05, 4.69) is 4.74 Å². The molecule has 0 spiro atoms. The van der Waals surface area contributed by atoms with Gasteiger partial charge in [0.05, 0.1) is 6.61 Å². The molecule has 17 heavy (non-hydrogen) atoms. The Morgan fingerprint density at radius 2 is 2.00 bits per heavy atom. The summed E-state index contributed by atoms with van der Waals surface area (Å²) in [6.07, 6.45) is 1.07. The zero-order valence-corrected chi connectivity index (χ0v) is 9.04. The molecule has 1 aromatic carbocycles. The van der Waals surface area contributed by atoms with Gasteiger partial charge in [0.2, 0.25) is 0 Å². The fourth-order valence-electron chi connectivity index (χ4n) is 1.17. The van der Waals surface area contributed by atoms with Gasteiger partial charge >= 0.3 is 5.97 Å². The van der Waals surface area contributed by atoms with Crippen molar-refractivity contribution in [2.45, 2.75) is 6.92 Å². The Bertz CT molecular complexity index is 483. The predicted octanol–water partition coefficient (Wildman–Crippen LogP) is 2.43. The van der Waals surface area contributed by atoms with Gasteiger partial charge in [-0.05, 0) is 30.7 Å². The summed E-state index contributed by atoms with van der Waals surface area (Å²) in [7, 11) is 0. The first-order valence-corrected chi connectivity index (χ1v) is 4.82. The molecule has 0 fully saturated rings. The molecule has 0 aromatic heterocycles. The van der Waals surface area contributed by atoms with Crippen LogP contribution >= 0.6 is 0 Å². The van der Waals surface area contributed by atoms with Crippen LogP contribution in [0, 0.1) is 23.0 Å². The van der Waals surface area contributed by atoms with Gasteiger partial charge in [-0.3, -0.25) is 0 Å². The Morgan fingerprint density at radius 3 is 2.47 bits per heavy atom. The molecule has 88 valence electrons. The number of ether oxygens (including phenoxy) is 1. The maximum absolute atomic E-state index is 12.9. The van der Waals surface area contributed by atoms with E-state index in [1.165, 1.54) is 0 Å². The van der Waals surface area contributed by atoms with Crippen LogP contribution in [0.4, 0.5) is 8.78 Å². The van der Waals surface area contributed by atoms with E-state index >= 15 is 0 Å². The standard InChI is InChI=1S/C12H9F2NO2/c1-2-17-12(16)9(7-15)3-8-4-10(13)6-11(14)5-8/h3-6H,2H2,1H3. The summed E-state index contributed by atoms with van der Waals surface area (Å²) in [5, 5.41) is 8.72. The van der Waals surface area contributed by atoms with Gasteiger partial charge in [0.25, 0.3) is 0 Å². The van der Waals surface area contributed by atoms with Gasteiger partial charge in [0.15, 0.2) is 0 Å². The van der Waals surface area contributed by atoms with Crippen molar-refractivity contribution in [3.8, 4) is 6.07 Å². The van der Waals surface area contributed by atoms with Gasteiger partial charge in [-0.1, -0.05) is 0 Å². The van der Waals surface area contributed by atoms with E-state index in [1.807, 2.05) is 0 Å². The molecule has 0 aliphatic heterocycles. The van der Waals surface area contributed by atoms with Crippen LogP contribution in [-0.4, -0.2) is 12.6 Å². The lowest BCUT2D eigenvalue weighted by atomic mass is 10.1. The minimum absolute atomic E-state index is 0.0899. The monoisotopic (exact) mass is 237 g/mol. The summed E-state index contributed by atoms with van der Waals surface area (Å²) in [4.78, 5) is 11.2. The second-order valence-corrected chi connectivity index (χ2v) is 3.09. The Morgan fingerprint density at radius 1 is 1.41 bits per heavy atom. The number of carbonyl (C=O) groups is 1. The van der Waals surface area contributed by atoms with E-state index in [4.69, 9.17) is 5.26 Å². The van der Waals surface area contributed by atoms with Crippen LogP contribution in [0.1, 0.15) is 12.5 Å². The zero-order valence-electron chi connectivity index (χ0n) is 9.04. The normalized spacial score (nSPS) is 10.8. The molecule has 0 N–H and O–H groups in total. The molecule has 0 saturated carbocycles. The van der Waals surface area contributed by atoms with Crippen LogP contribution in [0.5, 0.6) is 0 Å². The van der Waals surface area contributed by atoms with Crippen LogP contribution in [-0.2, 0) is 9.53 Å². The van der Waals surface area contributed by atoms with Crippen LogP contribution in [0.25, 0.3) is 6.08 Å². The lowest BCUT2D eigenvalue weighted by molar-refractivity contribution is -0.137. The molecule has 1 aromatic rings. The summed E-state index contributed by atoms with van der Waals surface area (Å²) >= 11 is 0. The summed E-state index contributed by atoms with van der Waals surface area (Å²) in [6, 6.07) is 4.34.